The first-order valence-corrected chi connectivity index (χ1v) is 6.79. The second-order valence-electron chi connectivity index (χ2n) is 4.82. The second-order valence-corrected chi connectivity index (χ2v) is 4.82. The molecule has 0 amide bonds. The molecule has 0 saturated carbocycles. The zero-order valence-corrected chi connectivity index (χ0v) is 11.4. The molecule has 0 aliphatic heterocycles. The van der Waals surface area contributed by atoms with Crippen LogP contribution in [0.15, 0.2) is 47.3 Å². The number of anilines is 1. The molecule has 0 spiro atoms. The highest BCUT2D eigenvalue weighted by atomic mass is 16.1. The van der Waals surface area contributed by atoms with Gasteiger partial charge in [0.15, 0.2) is 0 Å². The lowest BCUT2D eigenvalue weighted by Gasteiger charge is -2.10. The van der Waals surface area contributed by atoms with E-state index in [1.807, 2.05) is 18.2 Å². The number of aromatic nitrogens is 2. The maximum atomic E-state index is 11.2. The Balaban J connectivity index is 1.81. The first kappa shape index (κ1) is 12.5. The zero-order valence-electron chi connectivity index (χ0n) is 11.4. The minimum atomic E-state index is -0.173. The van der Waals surface area contributed by atoms with Gasteiger partial charge < -0.3 is 15.3 Å². The molecule has 3 N–H and O–H groups in total. The van der Waals surface area contributed by atoms with E-state index in [2.05, 4.69) is 46.5 Å². The van der Waals surface area contributed by atoms with Gasteiger partial charge in [-0.05, 0) is 35.7 Å². The van der Waals surface area contributed by atoms with E-state index in [0.29, 0.717) is 0 Å². The number of hydrogen-bond acceptors (Lipinski definition) is 2. The summed E-state index contributed by atoms with van der Waals surface area (Å²) in [5.74, 6) is 0. The number of H-pyrrole nitrogens is 2. The van der Waals surface area contributed by atoms with Crippen LogP contribution in [0.5, 0.6) is 0 Å². The Bertz CT molecular complexity index is 786. The van der Waals surface area contributed by atoms with E-state index in [1.54, 1.807) is 0 Å². The predicted octanol–water partition coefficient (Wildman–Crippen LogP) is 3.03. The standard InChI is InChI=1S/C16H17N3O/c1-2-11-5-3-4-6-12(11)10-17-13-7-8-14-15(9-13)19-16(20)18-14/h3-9,17H,2,10H2,1H3,(H2,18,19,20). The van der Waals surface area contributed by atoms with E-state index in [0.717, 1.165) is 29.7 Å². The Morgan fingerprint density at radius 2 is 1.75 bits per heavy atom. The third-order valence-electron chi connectivity index (χ3n) is 3.50. The van der Waals surface area contributed by atoms with Crippen molar-refractivity contribution in [1.29, 1.82) is 0 Å². The quantitative estimate of drug-likeness (QED) is 0.680. The van der Waals surface area contributed by atoms with Crippen LogP contribution >= 0.6 is 0 Å². The molecule has 0 unspecified atom stereocenters. The monoisotopic (exact) mass is 267 g/mol. The summed E-state index contributed by atoms with van der Waals surface area (Å²) in [5, 5.41) is 3.40. The zero-order chi connectivity index (χ0) is 13.9. The summed E-state index contributed by atoms with van der Waals surface area (Å²) >= 11 is 0. The molecule has 0 atom stereocenters. The summed E-state index contributed by atoms with van der Waals surface area (Å²) < 4.78 is 0. The van der Waals surface area contributed by atoms with Gasteiger partial charge in [-0.25, -0.2) is 4.79 Å². The van der Waals surface area contributed by atoms with Crippen LogP contribution in [-0.4, -0.2) is 9.97 Å². The summed E-state index contributed by atoms with van der Waals surface area (Å²) in [4.78, 5) is 16.7. The fourth-order valence-electron chi connectivity index (χ4n) is 2.41. The highest BCUT2D eigenvalue weighted by Crippen LogP contribution is 2.17. The van der Waals surface area contributed by atoms with Gasteiger partial charge in [0.05, 0.1) is 11.0 Å². The number of imidazole rings is 1. The van der Waals surface area contributed by atoms with Gasteiger partial charge in [0.1, 0.15) is 0 Å². The normalized spacial score (nSPS) is 10.8. The molecule has 0 radical (unpaired) electrons. The minimum Gasteiger partial charge on any atom is -0.381 e. The minimum absolute atomic E-state index is 0.173. The first-order chi connectivity index (χ1) is 9.76. The van der Waals surface area contributed by atoms with Gasteiger partial charge in [0.2, 0.25) is 0 Å². The van der Waals surface area contributed by atoms with Gasteiger partial charge in [-0.3, -0.25) is 0 Å². The first-order valence-electron chi connectivity index (χ1n) is 6.79. The van der Waals surface area contributed by atoms with Crippen molar-refractivity contribution in [2.45, 2.75) is 19.9 Å². The van der Waals surface area contributed by atoms with E-state index in [-0.39, 0.29) is 5.69 Å². The third kappa shape index (κ3) is 2.45. The molecule has 1 aromatic heterocycles. The number of aromatic amines is 2. The summed E-state index contributed by atoms with van der Waals surface area (Å²) in [6.45, 7) is 2.94. The molecule has 0 aliphatic rings. The highest BCUT2D eigenvalue weighted by molar-refractivity contribution is 5.78. The van der Waals surface area contributed by atoms with Crippen LogP contribution < -0.4 is 11.0 Å². The number of benzene rings is 2. The lowest BCUT2D eigenvalue weighted by Crippen LogP contribution is -2.02. The Kier molecular flexibility index (Phi) is 3.29. The van der Waals surface area contributed by atoms with Gasteiger partial charge in [0, 0.05) is 12.2 Å². The topological polar surface area (TPSA) is 60.7 Å². The van der Waals surface area contributed by atoms with E-state index in [4.69, 9.17) is 0 Å². The van der Waals surface area contributed by atoms with Crippen LogP contribution in [0.2, 0.25) is 0 Å². The molecule has 4 nitrogen and oxygen atoms in total. The average molecular weight is 267 g/mol. The van der Waals surface area contributed by atoms with E-state index in [1.165, 1.54) is 11.1 Å². The Hall–Kier alpha value is -2.49. The molecule has 0 bridgehead atoms. The van der Waals surface area contributed by atoms with Crippen molar-refractivity contribution in [3.05, 3.63) is 64.1 Å². The fourth-order valence-corrected chi connectivity index (χ4v) is 2.41. The number of aryl methyl sites for hydroxylation is 1. The Labute approximate surface area is 116 Å². The van der Waals surface area contributed by atoms with E-state index in [9.17, 15) is 4.79 Å². The van der Waals surface area contributed by atoms with Crippen LogP contribution in [0.4, 0.5) is 5.69 Å². The average Bonchev–Trinajstić information content (AvgIpc) is 2.84. The molecule has 0 saturated heterocycles. The van der Waals surface area contributed by atoms with Crippen molar-refractivity contribution in [1.82, 2.24) is 9.97 Å². The largest absolute Gasteiger partial charge is 0.381 e. The van der Waals surface area contributed by atoms with Crippen LogP contribution in [-0.2, 0) is 13.0 Å². The van der Waals surface area contributed by atoms with Gasteiger partial charge in [0.25, 0.3) is 0 Å². The van der Waals surface area contributed by atoms with Crippen molar-refractivity contribution in [2.24, 2.45) is 0 Å². The fraction of sp³-hybridized carbons (Fsp3) is 0.188. The van der Waals surface area contributed by atoms with Gasteiger partial charge in [-0.2, -0.15) is 0 Å². The summed E-state index contributed by atoms with van der Waals surface area (Å²) in [6, 6.07) is 14.2. The van der Waals surface area contributed by atoms with Crippen molar-refractivity contribution >= 4 is 16.7 Å². The van der Waals surface area contributed by atoms with Gasteiger partial charge in [-0.15, -0.1) is 0 Å². The maximum Gasteiger partial charge on any atom is 0.323 e. The third-order valence-corrected chi connectivity index (χ3v) is 3.50. The molecule has 20 heavy (non-hydrogen) atoms. The molecule has 4 heteroatoms. The Morgan fingerprint density at radius 1 is 1.00 bits per heavy atom. The molecule has 3 rings (SSSR count). The van der Waals surface area contributed by atoms with Crippen LogP contribution in [0, 0.1) is 0 Å². The molecule has 102 valence electrons. The van der Waals surface area contributed by atoms with Gasteiger partial charge >= 0.3 is 5.69 Å². The highest BCUT2D eigenvalue weighted by Gasteiger charge is 2.02. The molecule has 3 aromatic rings. The summed E-state index contributed by atoms with van der Waals surface area (Å²) in [6.07, 6.45) is 1.03. The number of hydrogen-bond donors (Lipinski definition) is 3. The van der Waals surface area contributed by atoms with Crippen LogP contribution in [0.1, 0.15) is 18.1 Å². The van der Waals surface area contributed by atoms with Crippen molar-refractivity contribution in [3.8, 4) is 0 Å². The molecule has 0 fully saturated rings. The predicted molar refractivity (Wildman–Crippen MR) is 82.1 cm³/mol. The molecule has 1 heterocycles. The molecule has 0 aliphatic carbocycles. The SMILES string of the molecule is CCc1ccccc1CNc1ccc2[nH]c(=O)[nH]c2c1. The van der Waals surface area contributed by atoms with Crippen LogP contribution in [0.25, 0.3) is 11.0 Å². The smallest absolute Gasteiger partial charge is 0.323 e. The molecular formula is C16H17N3O. The summed E-state index contributed by atoms with van der Waals surface area (Å²) in [5.41, 5.74) is 5.14. The molecule has 2 aromatic carbocycles. The van der Waals surface area contributed by atoms with Crippen molar-refractivity contribution in [2.75, 3.05) is 5.32 Å². The lowest BCUT2D eigenvalue weighted by molar-refractivity contribution is 1.04. The second kappa shape index (κ2) is 5.25. The number of fused-ring (bicyclic) bond motifs is 1. The van der Waals surface area contributed by atoms with Crippen molar-refractivity contribution < 1.29 is 0 Å². The van der Waals surface area contributed by atoms with Crippen molar-refractivity contribution in [3.63, 3.8) is 0 Å². The Morgan fingerprint density at radius 3 is 2.55 bits per heavy atom. The number of nitrogens with one attached hydrogen (secondary N) is 3. The van der Waals surface area contributed by atoms with E-state index < -0.39 is 0 Å². The van der Waals surface area contributed by atoms with Gasteiger partial charge in [-0.1, -0.05) is 31.2 Å². The maximum absolute atomic E-state index is 11.2. The summed E-state index contributed by atoms with van der Waals surface area (Å²) in [7, 11) is 0. The molecular weight excluding hydrogens is 250 g/mol. The number of rotatable bonds is 4. The van der Waals surface area contributed by atoms with E-state index >= 15 is 0 Å². The lowest BCUT2D eigenvalue weighted by atomic mass is 10.1. The van der Waals surface area contributed by atoms with Crippen LogP contribution in [0.3, 0.4) is 0 Å².